The van der Waals surface area contributed by atoms with Crippen LogP contribution in [0.15, 0.2) is 34.3 Å². The molecule has 1 aliphatic rings. The number of Topliss-reactive ketones (excluding diaryl/α,β-unsaturated/α-hetero) is 2. The fourth-order valence-electron chi connectivity index (χ4n) is 2.67. The molecule has 0 bridgehead atoms. The van der Waals surface area contributed by atoms with E-state index in [9.17, 15) is 9.59 Å². The van der Waals surface area contributed by atoms with Gasteiger partial charge in [-0.3, -0.25) is 14.6 Å². The second-order valence-electron chi connectivity index (χ2n) is 5.78. The monoisotopic (exact) mass is 361 g/mol. The second-order valence-corrected chi connectivity index (χ2v) is 5.78. The van der Waals surface area contributed by atoms with E-state index in [0.717, 1.165) is 5.69 Å². The smallest absolute Gasteiger partial charge is 0.221 e. The molecule has 140 valence electrons. The van der Waals surface area contributed by atoms with Gasteiger partial charge in [0.1, 0.15) is 5.78 Å². The Morgan fingerprint density at radius 3 is 2.08 bits per heavy atom. The van der Waals surface area contributed by atoms with Gasteiger partial charge in [-0.05, 0) is 24.3 Å². The molecule has 0 heterocycles. The first-order valence-corrected chi connectivity index (χ1v) is 8.44. The van der Waals surface area contributed by atoms with Crippen LogP contribution < -0.4 is 4.90 Å². The Bertz CT molecular complexity index is 691. The number of ketones is 2. The number of carbonyl (C=O) groups is 2. The molecule has 0 saturated heterocycles. The van der Waals surface area contributed by atoms with Gasteiger partial charge >= 0.3 is 0 Å². The van der Waals surface area contributed by atoms with Gasteiger partial charge in [0.25, 0.3) is 0 Å². The fraction of sp³-hybridized carbons (Fsp3) is 0.444. The summed E-state index contributed by atoms with van der Waals surface area (Å²) in [5.74, 6) is -0.488. The molecule has 0 spiro atoms. The van der Waals surface area contributed by atoms with Gasteiger partial charge in [-0.2, -0.15) is 0 Å². The standard InChI is InChI=1S/C18H23N3O5/c22-8-5-19-16-11-15(25)12-17(18(16)26)20-13-1-3-14(4-2-13)21(6-9-23)7-10-24/h1-4,22-24H,5-12H2. The number of aliphatic imine (C=N–C) groups is 2. The lowest BCUT2D eigenvalue weighted by Gasteiger charge is -2.22. The van der Waals surface area contributed by atoms with Gasteiger partial charge in [-0.15, -0.1) is 0 Å². The van der Waals surface area contributed by atoms with Crippen LogP contribution in [0.25, 0.3) is 0 Å². The van der Waals surface area contributed by atoms with Crippen molar-refractivity contribution in [1.82, 2.24) is 0 Å². The average molecular weight is 361 g/mol. The lowest BCUT2D eigenvalue weighted by Crippen LogP contribution is -2.34. The molecule has 2 rings (SSSR count). The summed E-state index contributed by atoms with van der Waals surface area (Å²) in [4.78, 5) is 34.3. The molecule has 1 aromatic rings. The summed E-state index contributed by atoms with van der Waals surface area (Å²) in [7, 11) is 0. The molecular formula is C18H23N3O5. The summed E-state index contributed by atoms with van der Waals surface area (Å²) in [5.41, 5.74) is 1.63. The third kappa shape index (κ3) is 5.29. The average Bonchev–Trinajstić information content (AvgIpc) is 2.63. The summed E-state index contributed by atoms with van der Waals surface area (Å²) < 4.78 is 0. The van der Waals surface area contributed by atoms with Crippen LogP contribution >= 0.6 is 0 Å². The molecule has 1 aliphatic carbocycles. The van der Waals surface area contributed by atoms with Crippen LogP contribution in [-0.2, 0) is 9.59 Å². The van der Waals surface area contributed by atoms with Gasteiger partial charge in [0, 0.05) is 18.8 Å². The zero-order valence-corrected chi connectivity index (χ0v) is 14.5. The number of aliphatic hydroxyl groups is 3. The highest BCUT2D eigenvalue weighted by atomic mass is 16.3. The first-order chi connectivity index (χ1) is 12.6. The number of hydrogen-bond donors (Lipinski definition) is 3. The third-order valence-electron chi connectivity index (χ3n) is 3.87. The highest BCUT2D eigenvalue weighted by molar-refractivity contribution is 6.71. The quantitative estimate of drug-likeness (QED) is 0.595. The summed E-state index contributed by atoms with van der Waals surface area (Å²) in [6.07, 6.45) is -0.0477. The van der Waals surface area contributed by atoms with Crippen molar-refractivity contribution in [1.29, 1.82) is 0 Å². The molecule has 0 unspecified atom stereocenters. The minimum absolute atomic E-state index is 0.0198. The topological polar surface area (TPSA) is 123 Å². The normalized spacial score (nSPS) is 18.0. The largest absolute Gasteiger partial charge is 0.395 e. The number of nitrogens with zero attached hydrogens (tertiary/aromatic N) is 3. The van der Waals surface area contributed by atoms with E-state index in [2.05, 4.69) is 9.98 Å². The first kappa shape index (κ1) is 19.9. The molecule has 8 nitrogen and oxygen atoms in total. The van der Waals surface area contributed by atoms with Crippen LogP contribution in [0.2, 0.25) is 0 Å². The van der Waals surface area contributed by atoms with Gasteiger partial charge in [0.15, 0.2) is 0 Å². The van der Waals surface area contributed by atoms with Crippen molar-refractivity contribution in [2.75, 3.05) is 44.4 Å². The molecule has 8 heteroatoms. The van der Waals surface area contributed by atoms with Gasteiger partial charge in [-0.1, -0.05) is 0 Å². The van der Waals surface area contributed by atoms with Crippen molar-refractivity contribution in [3.8, 4) is 0 Å². The first-order valence-electron chi connectivity index (χ1n) is 8.44. The van der Waals surface area contributed by atoms with Crippen LogP contribution in [0.5, 0.6) is 0 Å². The van der Waals surface area contributed by atoms with Crippen molar-refractivity contribution in [3.05, 3.63) is 24.3 Å². The van der Waals surface area contributed by atoms with Gasteiger partial charge < -0.3 is 20.2 Å². The zero-order chi connectivity index (χ0) is 18.9. The molecule has 1 aromatic carbocycles. The van der Waals surface area contributed by atoms with Crippen LogP contribution in [0.4, 0.5) is 11.4 Å². The Labute approximate surface area is 151 Å². The minimum atomic E-state index is -0.357. The molecule has 0 amide bonds. The Hall–Kier alpha value is -2.42. The predicted octanol–water partition coefficient (Wildman–Crippen LogP) is -0.0846. The Balaban J connectivity index is 2.20. The van der Waals surface area contributed by atoms with Gasteiger partial charge in [-0.25, -0.2) is 4.99 Å². The van der Waals surface area contributed by atoms with Crippen molar-refractivity contribution in [2.24, 2.45) is 9.98 Å². The summed E-state index contributed by atoms with van der Waals surface area (Å²) >= 11 is 0. The van der Waals surface area contributed by atoms with Crippen LogP contribution in [0, 0.1) is 0 Å². The molecule has 26 heavy (non-hydrogen) atoms. The SMILES string of the molecule is O=C1CC(=NCCO)C(=O)C(=Nc2ccc(N(CCO)CCO)cc2)C1. The highest BCUT2D eigenvalue weighted by Crippen LogP contribution is 2.21. The molecule has 1 fully saturated rings. The van der Waals surface area contributed by atoms with Crippen molar-refractivity contribution >= 4 is 34.4 Å². The van der Waals surface area contributed by atoms with Crippen LogP contribution in [0.1, 0.15) is 12.8 Å². The molecule has 1 saturated carbocycles. The maximum atomic E-state index is 12.4. The zero-order valence-electron chi connectivity index (χ0n) is 14.5. The van der Waals surface area contributed by atoms with Crippen LogP contribution in [-0.4, -0.2) is 77.8 Å². The molecule has 3 N–H and O–H groups in total. The number of hydrogen-bond acceptors (Lipinski definition) is 8. The third-order valence-corrected chi connectivity index (χ3v) is 3.87. The van der Waals surface area contributed by atoms with E-state index in [4.69, 9.17) is 15.3 Å². The van der Waals surface area contributed by atoms with E-state index in [-0.39, 0.29) is 62.2 Å². The molecule has 0 aliphatic heterocycles. The van der Waals surface area contributed by atoms with Crippen molar-refractivity contribution in [2.45, 2.75) is 12.8 Å². The number of benzene rings is 1. The van der Waals surface area contributed by atoms with Crippen molar-refractivity contribution in [3.63, 3.8) is 0 Å². The minimum Gasteiger partial charge on any atom is -0.395 e. The van der Waals surface area contributed by atoms with Crippen molar-refractivity contribution < 1.29 is 24.9 Å². The Morgan fingerprint density at radius 2 is 1.50 bits per heavy atom. The molecule has 0 aromatic heterocycles. The maximum absolute atomic E-state index is 12.4. The predicted molar refractivity (Wildman–Crippen MR) is 98.6 cm³/mol. The highest BCUT2D eigenvalue weighted by Gasteiger charge is 2.28. The number of anilines is 1. The molecular weight excluding hydrogens is 338 g/mol. The van der Waals surface area contributed by atoms with Crippen LogP contribution in [0.3, 0.4) is 0 Å². The molecule has 0 radical (unpaired) electrons. The van der Waals surface area contributed by atoms with E-state index in [1.165, 1.54) is 0 Å². The van der Waals surface area contributed by atoms with Gasteiger partial charge in [0.2, 0.25) is 5.78 Å². The second kappa shape index (κ2) is 9.91. The van der Waals surface area contributed by atoms with E-state index >= 15 is 0 Å². The Morgan fingerprint density at radius 1 is 0.885 bits per heavy atom. The lowest BCUT2D eigenvalue weighted by atomic mass is 9.93. The number of rotatable bonds is 8. The lowest BCUT2D eigenvalue weighted by molar-refractivity contribution is -0.118. The summed E-state index contributed by atoms with van der Waals surface area (Å²) in [6, 6.07) is 6.98. The number of carbonyl (C=O) groups excluding carboxylic acids is 2. The van der Waals surface area contributed by atoms with E-state index < -0.39 is 0 Å². The fourth-order valence-corrected chi connectivity index (χ4v) is 2.67. The maximum Gasteiger partial charge on any atom is 0.221 e. The van der Waals surface area contributed by atoms with Gasteiger partial charge in [0.05, 0.1) is 56.3 Å². The molecule has 0 atom stereocenters. The number of aliphatic hydroxyl groups excluding tert-OH is 3. The summed E-state index contributed by atoms with van der Waals surface area (Å²) in [6.45, 7) is 0.629. The van der Waals surface area contributed by atoms with E-state index in [1.54, 1.807) is 24.3 Å². The Kier molecular flexibility index (Phi) is 7.58. The van der Waals surface area contributed by atoms with E-state index in [0.29, 0.717) is 18.8 Å². The van der Waals surface area contributed by atoms with E-state index in [1.807, 2.05) is 4.90 Å². The summed E-state index contributed by atoms with van der Waals surface area (Å²) in [5, 5.41) is 27.0.